The van der Waals surface area contributed by atoms with Gasteiger partial charge in [-0.3, -0.25) is 0 Å². The Morgan fingerprint density at radius 1 is 1.09 bits per heavy atom. The van der Waals surface area contributed by atoms with Crippen LogP contribution in [0.5, 0.6) is 11.5 Å². The minimum absolute atomic E-state index is 0.496. The van der Waals surface area contributed by atoms with Crippen molar-refractivity contribution in [3.8, 4) is 17.6 Å². The van der Waals surface area contributed by atoms with E-state index >= 15 is 0 Å². The van der Waals surface area contributed by atoms with Gasteiger partial charge in [-0.2, -0.15) is 5.26 Å². The van der Waals surface area contributed by atoms with Crippen LogP contribution in [0.4, 0.5) is 22.7 Å². The molecule has 3 N–H and O–H groups in total. The number of benzene rings is 3. The molecule has 0 spiro atoms. The first-order chi connectivity index (χ1) is 15.8. The number of nitrogens with one attached hydrogen (secondary N) is 1. The van der Waals surface area contributed by atoms with Crippen LogP contribution in [0.3, 0.4) is 0 Å². The second-order valence-corrected chi connectivity index (χ2v) is 8.39. The first kappa shape index (κ1) is 23.7. The molecule has 0 amide bonds. The van der Waals surface area contributed by atoms with E-state index in [-0.39, 0.29) is 0 Å². The molecular weight excluding hydrogens is 410 g/mol. The number of hydrogen-bond donors (Lipinski definition) is 2. The lowest BCUT2D eigenvalue weighted by Gasteiger charge is -2.20. The number of hydrogen-bond acceptors (Lipinski definition) is 5. The van der Waals surface area contributed by atoms with Crippen LogP contribution in [0.25, 0.3) is 4.85 Å². The maximum Gasteiger partial charge on any atom is 0.187 e. The van der Waals surface area contributed by atoms with Gasteiger partial charge in [0.1, 0.15) is 11.5 Å². The van der Waals surface area contributed by atoms with Crippen LogP contribution in [0.15, 0.2) is 48.5 Å². The summed E-state index contributed by atoms with van der Waals surface area (Å²) < 4.78 is 6.47. The first-order valence-corrected chi connectivity index (χ1v) is 10.8. The SMILES string of the molecule is [C-]#[N+]c1ccc(Nc2cc(Oc3c(C)cc(CCC#N)cc3C)c(CN(C)C)cc2N)cc1. The molecule has 6 heteroatoms. The molecule has 168 valence electrons. The Hall–Kier alpha value is -4.00. The molecule has 0 saturated carbocycles. The average molecular weight is 440 g/mol. The molecule has 33 heavy (non-hydrogen) atoms. The van der Waals surface area contributed by atoms with Crippen molar-refractivity contribution in [2.75, 3.05) is 25.1 Å². The fraction of sp³-hybridized carbons (Fsp3) is 0.259. The van der Waals surface area contributed by atoms with Crippen LogP contribution >= 0.6 is 0 Å². The van der Waals surface area contributed by atoms with Crippen molar-refractivity contribution in [1.29, 1.82) is 5.26 Å². The van der Waals surface area contributed by atoms with Gasteiger partial charge >= 0.3 is 0 Å². The molecule has 3 aromatic rings. The Bertz CT molecular complexity index is 1190. The Kier molecular flexibility index (Phi) is 7.56. The van der Waals surface area contributed by atoms with Crippen LogP contribution in [0.2, 0.25) is 0 Å². The maximum absolute atomic E-state index is 8.89. The summed E-state index contributed by atoms with van der Waals surface area (Å²) in [6.07, 6.45) is 1.22. The number of rotatable bonds is 8. The van der Waals surface area contributed by atoms with Crippen molar-refractivity contribution in [1.82, 2.24) is 4.90 Å². The van der Waals surface area contributed by atoms with E-state index in [1.54, 1.807) is 12.1 Å². The Morgan fingerprint density at radius 2 is 1.76 bits per heavy atom. The molecule has 0 unspecified atom stereocenters. The first-order valence-electron chi connectivity index (χ1n) is 10.8. The molecule has 0 aromatic heterocycles. The largest absolute Gasteiger partial charge is 0.456 e. The van der Waals surface area contributed by atoms with Crippen molar-refractivity contribution < 1.29 is 4.74 Å². The number of aryl methyl sites for hydroxylation is 3. The van der Waals surface area contributed by atoms with E-state index in [1.807, 2.05) is 52.2 Å². The van der Waals surface area contributed by atoms with Gasteiger partial charge in [-0.1, -0.05) is 24.3 Å². The van der Waals surface area contributed by atoms with Gasteiger partial charge in [0.2, 0.25) is 0 Å². The van der Waals surface area contributed by atoms with E-state index in [1.165, 1.54) is 0 Å². The molecule has 0 bridgehead atoms. The molecule has 0 aliphatic rings. The second-order valence-electron chi connectivity index (χ2n) is 8.39. The summed E-state index contributed by atoms with van der Waals surface area (Å²) in [7, 11) is 4.01. The zero-order valence-corrected chi connectivity index (χ0v) is 19.6. The fourth-order valence-corrected chi connectivity index (χ4v) is 3.74. The normalized spacial score (nSPS) is 10.5. The summed E-state index contributed by atoms with van der Waals surface area (Å²) in [5.41, 5.74) is 13.3. The van der Waals surface area contributed by atoms with Gasteiger partial charge in [0.25, 0.3) is 0 Å². The van der Waals surface area contributed by atoms with Gasteiger partial charge < -0.3 is 20.7 Å². The van der Waals surface area contributed by atoms with E-state index in [0.717, 1.165) is 51.5 Å². The molecular formula is C27H29N5O. The lowest BCUT2D eigenvalue weighted by atomic mass is 10.0. The number of nitrogens with zero attached hydrogens (tertiary/aromatic N) is 3. The summed E-state index contributed by atoms with van der Waals surface area (Å²) in [5, 5.41) is 12.2. The van der Waals surface area contributed by atoms with Crippen molar-refractivity contribution >= 4 is 22.7 Å². The van der Waals surface area contributed by atoms with Crippen molar-refractivity contribution in [2.24, 2.45) is 0 Å². The number of ether oxygens (including phenoxy) is 1. The van der Waals surface area contributed by atoms with Gasteiger partial charge in [0.05, 0.1) is 24.0 Å². The van der Waals surface area contributed by atoms with E-state index < -0.39 is 0 Å². The zero-order valence-electron chi connectivity index (χ0n) is 19.6. The minimum atomic E-state index is 0.496. The smallest absolute Gasteiger partial charge is 0.187 e. The quantitative estimate of drug-likeness (QED) is 0.310. The third kappa shape index (κ3) is 6.04. The van der Waals surface area contributed by atoms with Gasteiger partial charge in [-0.25, -0.2) is 4.85 Å². The number of anilines is 3. The number of nitrogen functional groups attached to an aromatic ring is 1. The molecule has 3 rings (SSSR count). The van der Waals surface area contributed by atoms with E-state index in [9.17, 15) is 0 Å². The predicted molar refractivity (Wildman–Crippen MR) is 134 cm³/mol. The van der Waals surface area contributed by atoms with Crippen molar-refractivity contribution in [2.45, 2.75) is 33.2 Å². The molecule has 0 saturated heterocycles. The molecule has 0 aliphatic carbocycles. The molecule has 0 fully saturated rings. The van der Waals surface area contributed by atoms with Crippen molar-refractivity contribution in [3.63, 3.8) is 0 Å². The van der Waals surface area contributed by atoms with Gasteiger partial charge in [-0.15, -0.1) is 0 Å². The van der Waals surface area contributed by atoms with E-state index in [2.05, 4.69) is 33.3 Å². The monoisotopic (exact) mass is 439 g/mol. The van der Waals surface area contributed by atoms with Gasteiger partial charge in [0.15, 0.2) is 5.69 Å². The highest BCUT2D eigenvalue weighted by molar-refractivity contribution is 5.76. The predicted octanol–water partition coefficient (Wildman–Crippen LogP) is 6.49. The molecule has 0 heterocycles. The van der Waals surface area contributed by atoms with Crippen molar-refractivity contribution in [3.05, 3.63) is 82.2 Å². The minimum Gasteiger partial charge on any atom is -0.456 e. The highest BCUT2D eigenvalue weighted by Gasteiger charge is 2.15. The molecule has 6 nitrogen and oxygen atoms in total. The lowest BCUT2D eigenvalue weighted by Crippen LogP contribution is -2.12. The van der Waals surface area contributed by atoms with Crippen LogP contribution in [-0.4, -0.2) is 19.0 Å². The van der Waals surface area contributed by atoms with Crippen LogP contribution in [0, 0.1) is 31.8 Å². The number of nitrogens with two attached hydrogens (primary N) is 1. The zero-order chi connectivity index (χ0) is 24.0. The fourth-order valence-electron chi connectivity index (χ4n) is 3.74. The Morgan fingerprint density at radius 3 is 2.33 bits per heavy atom. The van der Waals surface area contributed by atoms with Crippen LogP contribution in [0.1, 0.15) is 28.7 Å². The average Bonchev–Trinajstić information content (AvgIpc) is 2.77. The Balaban J connectivity index is 1.97. The van der Waals surface area contributed by atoms with Gasteiger partial charge in [0, 0.05) is 30.3 Å². The topological polar surface area (TPSA) is 78.7 Å². The molecule has 0 aliphatic heterocycles. The highest BCUT2D eigenvalue weighted by atomic mass is 16.5. The second kappa shape index (κ2) is 10.5. The molecule has 3 aromatic carbocycles. The third-order valence-electron chi connectivity index (χ3n) is 5.25. The van der Waals surface area contributed by atoms with Crippen LogP contribution < -0.4 is 15.8 Å². The summed E-state index contributed by atoms with van der Waals surface area (Å²) in [6, 6.07) is 17.5. The highest BCUT2D eigenvalue weighted by Crippen LogP contribution is 2.37. The van der Waals surface area contributed by atoms with E-state index in [0.29, 0.717) is 24.3 Å². The Labute approximate surface area is 196 Å². The van der Waals surface area contributed by atoms with Crippen LogP contribution in [-0.2, 0) is 13.0 Å². The standard InChI is InChI=1S/C27H29N5O/c1-18-13-20(7-6-12-28)14-19(2)27(18)33-26-16-25(24(29)15-21(26)17-32(4)5)31-23-10-8-22(30-3)9-11-23/h8-11,13-16,31H,6-7,17,29H2,1-2,4-5H3. The summed E-state index contributed by atoms with van der Waals surface area (Å²) in [5.74, 6) is 1.54. The van der Waals surface area contributed by atoms with Gasteiger partial charge in [-0.05, 0) is 69.3 Å². The van der Waals surface area contributed by atoms with E-state index in [4.69, 9.17) is 22.3 Å². The molecule has 0 radical (unpaired) electrons. The number of nitriles is 1. The summed E-state index contributed by atoms with van der Waals surface area (Å²) in [6.45, 7) is 11.8. The maximum atomic E-state index is 8.89. The summed E-state index contributed by atoms with van der Waals surface area (Å²) >= 11 is 0. The summed E-state index contributed by atoms with van der Waals surface area (Å²) in [4.78, 5) is 5.50. The molecule has 0 atom stereocenters. The third-order valence-corrected chi connectivity index (χ3v) is 5.25. The lowest BCUT2D eigenvalue weighted by molar-refractivity contribution is 0.388.